The van der Waals surface area contributed by atoms with Gasteiger partial charge in [-0.2, -0.15) is 0 Å². The molecule has 1 aromatic carbocycles. The van der Waals surface area contributed by atoms with Crippen molar-refractivity contribution in [3.05, 3.63) is 23.3 Å². The lowest BCUT2D eigenvalue weighted by Crippen LogP contribution is -2.31. The number of ether oxygens (including phenoxy) is 2. The molecule has 0 aliphatic rings. The van der Waals surface area contributed by atoms with Crippen LogP contribution in [0.25, 0.3) is 0 Å². The molecule has 27 heavy (non-hydrogen) atoms. The molecule has 0 saturated heterocycles. The van der Waals surface area contributed by atoms with Gasteiger partial charge >= 0.3 is 5.97 Å². The molecular formula is C23H38O4. The number of aliphatic hydroxyl groups is 1. The Balaban J connectivity index is 3.37. The Bertz CT molecular complexity index is 600. The number of carbonyl (C=O) groups excluding carboxylic acids is 1. The zero-order valence-electron chi connectivity index (χ0n) is 18.6. The maximum absolute atomic E-state index is 12.8. The molecule has 1 N–H and O–H groups in total. The van der Waals surface area contributed by atoms with Crippen LogP contribution in [0, 0.1) is 5.92 Å². The number of hydrogen-bond donors (Lipinski definition) is 1. The number of methoxy groups -OCH3 is 1. The Labute approximate surface area is 165 Å². The average molecular weight is 379 g/mol. The largest absolute Gasteiger partial charge is 0.497 e. The monoisotopic (exact) mass is 378 g/mol. The third kappa shape index (κ3) is 6.24. The summed E-state index contributed by atoms with van der Waals surface area (Å²) in [6.45, 7) is 16.3. The van der Waals surface area contributed by atoms with Crippen LogP contribution in [0.5, 0.6) is 11.5 Å². The van der Waals surface area contributed by atoms with E-state index in [1.54, 1.807) is 14.0 Å². The SMILES string of the molecule is CCCC[C@@H](O)[C@@H](C)C(=O)Oc1c(C(C)(C)C)cc(OC)cc1C(C)(C)C. The molecule has 4 heteroatoms. The molecule has 0 heterocycles. The number of esters is 1. The van der Waals surface area contributed by atoms with Gasteiger partial charge < -0.3 is 14.6 Å². The van der Waals surface area contributed by atoms with Gasteiger partial charge in [0, 0.05) is 11.1 Å². The predicted octanol–water partition coefficient (Wildman–Crippen LogP) is 5.38. The van der Waals surface area contributed by atoms with E-state index in [2.05, 4.69) is 48.5 Å². The van der Waals surface area contributed by atoms with Crippen molar-refractivity contribution in [3.8, 4) is 11.5 Å². The third-order valence-corrected chi connectivity index (χ3v) is 4.92. The fourth-order valence-corrected chi connectivity index (χ4v) is 2.96. The maximum Gasteiger partial charge on any atom is 0.316 e. The van der Waals surface area contributed by atoms with Crippen molar-refractivity contribution in [1.29, 1.82) is 0 Å². The molecule has 0 radical (unpaired) electrons. The smallest absolute Gasteiger partial charge is 0.316 e. The summed E-state index contributed by atoms with van der Waals surface area (Å²) in [5, 5.41) is 10.3. The van der Waals surface area contributed by atoms with Crippen LogP contribution in [0.2, 0.25) is 0 Å². The summed E-state index contributed by atoms with van der Waals surface area (Å²) in [5.41, 5.74) is 1.40. The first kappa shape index (κ1) is 23.5. The first-order valence-corrected chi connectivity index (χ1v) is 9.95. The van der Waals surface area contributed by atoms with Gasteiger partial charge in [0.05, 0.1) is 19.1 Å². The Kier molecular flexibility index (Phi) is 7.91. The van der Waals surface area contributed by atoms with Crippen LogP contribution < -0.4 is 9.47 Å². The number of aliphatic hydroxyl groups excluding tert-OH is 1. The highest BCUT2D eigenvalue weighted by Gasteiger charge is 2.32. The van der Waals surface area contributed by atoms with E-state index in [0.717, 1.165) is 29.7 Å². The standard InChI is InChI=1S/C23H38O4/c1-10-11-12-19(24)15(2)21(25)27-20-17(22(3,4)5)13-16(26-9)14-18(20)23(6,7)8/h13-15,19,24H,10-12H2,1-9H3/t15-,19-/m1/s1. The van der Waals surface area contributed by atoms with Gasteiger partial charge in [0.1, 0.15) is 11.5 Å². The summed E-state index contributed by atoms with van der Waals surface area (Å²) in [5.74, 6) is 0.384. The van der Waals surface area contributed by atoms with Gasteiger partial charge in [0.2, 0.25) is 0 Å². The van der Waals surface area contributed by atoms with E-state index in [4.69, 9.17) is 9.47 Å². The van der Waals surface area contributed by atoms with Crippen molar-refractivity contribution in [1.82, 2.24) is 0 Å². The Hall–Kier alpha value is -1.55. The fraction of sp³-hybridized carbons (Fsp3) is 0.696. The maximum atomic E-state index is 12.8. The molecule has 0 aromatic heterocycles. The predicted molar refractivity (Wildman–Crippen MR) is 111 cm³/mol. The van der Waals surface area contributed by atoms with Crippen molar-refractivity contribution < 1.29 is 19.4 Å². The highest BCUT2D eigenvalue weighted by Crippen LogP contribution is 2.42. The second kappa shape index (κ2) is 9.09. The van der Waals surface area contributed by atoms with Crippen LogP contribution in [-0.4, -0.2) is 24.3 Å². The molecule has 0 bridgehead atoms. The Morgan fingerprint density at radius 2 is 1.56 bits per heavy atom. The molecule has 0 aliphatic heterocycles. The molecule has 0 amide bonds. The van der Waals surface area contributed by atoms with Gasteiger partial charge in [0.25, 0.3) is 0 Å². The van der Waals surface area contributed by atoms with Gasteiger partial charge in [0.15, 0.2) is 0 Å². The summed E-state index contributed by atoms with van der Waals surface area (Å²) in [6.07, 6.45) is 1.79. The van der Waals surface area contributed by atoms with E-state index in [1.807, 2.05) is 12.1 Å². The van der Waals surface area contributed by atoms with Gasteiger partial charge in [-0.3, -0.25) is 4.79 Å². The minimum atomic E-state index is -0.688. The summed E-state index contributed by atoms with van der Waals surface area (Å²) in [6, 6.07) is 3.88. The molecule has 0 aliphatic carbocycles. The summed E-state index contributed by atoms with van der Waals surface area (Å²) < 4.78 is 11.4. The van der Waals surface area contributed by atoms with Crippen LogP contribution in [-0.2, 0) is 15.6 Å². The Morgan fingerprint density at radius 1 is 1.07 bits per heavy atom. The van der Waals surface area contributed by atoms with Crippen molar-refractivity contribution in [2.45, 2.75) is 91.6 Å². The van der Waals surface area contributed by atoms with E-state index >= 15 is 0 Å². The van der Waals surface area contributed by atoms with Crippen molar-refractivity contribution in [2.75, 3.05) is 7.11 Å². The van der Waals surface area contributed by atoms with Crippen LogP contribution in [0.15, 0.2) is 12.1 Å². The molecule has 1 rings (SSSR count). The first-order valence-electron chi connectivity index (χ1n) is 9.95. The highest BCUT2D eigenvalue weighted by molar-refractivity contribution is 5.77. The molecule has 154 valence electrons. The molecule has 0 fully saturated rings. The molecule has 2 atom stereocenters. The minimum absolute atomic E-state index is 0.228. The minimum Gasteiger partial charge on any atom is -0.497 e. The summed E-state index contributed by atoms with van der Waals surface area (Å²) >= 11 is 0. The zero-order valence-corrected chi connectivity index (χ0v) is 18.6. The van der Waals surface area contributed by atoms with Crippen LogP contribution in [0.3, 0.4) is 0 Å². The fourth-order valence-electron chi connectivity index (χ4n) is 2.96. The topological polar surface area (TPSA) is 55.8 Å². The van der Waals surface area contributed by atoms with Crippen molar-refractivity contribution >= 4 is 5.97 Å². The molecule has 0 spiro atoms. The third-order valence-electron chi connectivity index (χ3n) is 4.92. The molecule has 1 aromatic rings. The number of unbranched alkanes of at least 4 members (excludes halogenated alkanes) is 1. The zero-order chi connectivity index (χ0) is 21.0. The molecule has 4 nitrogen and oxygen atoms in total. The summed E-state index contributed by atoms with van der Waals surface area (Å²) in [7, 11) is 1.64. The summed E-state index contributed by atoms with van der Waals surface area (Å²) in [4.78, 5) is 12.8. The highest BCUT2D eigenvalue weighted by atomic mass is 16.5. The average Bonchev–Trinajstić information content (AvgIpc) is 2.56. The second-order valence-electron chi connectivity index (χ2n) is 9.47. The van der Waals surface area contributed by atoms with E-state index in [9.17, 15) is 9.90 Å². The van der Waals surface area contributed by atoms with Crippen LogP contribution >= 0.6 is 0 Å². The lowest BCUT2D eigenvalue weighted by Gasteiger charge is -2.30. The van der Waals surface area contributed by atoms with E-state index in [-0.39, 0.29) is 16.8 Å². The van der Waals surface area contributed by atoms with Crippen molar-refractivity contribution in [3.63, 3.8) is 0 Å². The molecular weight excluding hydrogens is 340 g/mol. The Morgan fingerprint density at radius 3 is 1.93 bits per heavy atom. The quantitative estimate of drug-likeness (QED) is 0.511. The number of benzene rings is 1. The van der Waals surface area contributed by atoms with E-state index < -0.39 is 12.0 Å². The van der Waals surface area contributed by atoms with Gasteiger partial charge in [-0.15, -0.1) is 0 Å². The lowest BCUT2D eigenvalue weighted by atomic mass is 9.79. The number of rotatable bonds is 7. The number of carbonyl (C=O) groups is 1. The van der Waals surface area contributed by atoms with Gasteiger partial charge in [-0.1, -0.05) is 61.3 Å². The normalized spacial score (nSPS) is 14.6. The van der Waals surface area contributed by atoms with E-state index in [0.29, 0.717) is 12.2 Å². The van der Waals surface area contributed by atoms with Gasteiger partial charge in [-0.25, -0.2) is 0 Å². The van der Waals surface area contributed by atoms with Gasteiger partial charge in [-0.05, 0) is 36.3 Å². The molecule has 0 saturated carbocycles. The lowest BCUT2D eigenvalue weighted by molar-refractivity contribution is -0.142. The second-order valence-corrected chi connectivity index (χ2v) is 9.47. The van der Waals surface area contributed by atoms with E-state index in [1.165, 1.54) is 0 Å². The first-order chi connectivity index (χ1) is 12.3. The molecule has 0 unspecified atom stereocenters. The van der Waals surface area contributed by atoms with Crippen LogP contribution in [0.4, 0.5) is 0 Å². The van der Waals surface area contributed by atoms with Crippen LogP contribution in [0.1, 0.15) is 85.8 Å². The number of hydrogen-bond acceptors (Lipinski definition) is 4. The van der Waals surface area contributed by atoms with Crippen molar-refractivity contribution in [2.24, 2.45) is 5.92 Å².